The summed E-state index contributed by atoms with van der Waals surface area (Å²) in [4.78, 5) is 21.4. The molecule has 1 amide bonds. The number of nitrogens with one attached hydrogen (secondary N) is 1. The third-order valence-corrected chi connectivity index (χ3v) is 6.50. The molecule has 0 spiro atoms. The number of fused-ring (bicyclic) bond motifs is 1. The molecule has 0 saturated carbocycles. The quantitative estimate of drug-likeness (QED) is 0.626. The first-order valence-corrected chi connectivity index (χ1v) is 10.8. The van der Waals surface area contributed by atoms with Crippen molar-refractivity contribution < 1.29 is 9.18 Å². The number of carbonyl (C=O) groups excluding carboxylic acids is 1. The van der Waals surface area contributed by atoms with E-state index in [4.69, 9.17) is 23.2 Å². The monoisotopic (exact) mass is 452 g/mol. The van der Waals surface area contributed by atoms with Crippen LogP contribution in [0.25, 0.3) is 10.2 Å². The van der Waals surface area contributed by atoms with Crippen molar-refractivity contribution in [2.75, 3.05) is 44.2 Å². The molecule has 1 saturated heterocycles. The number of nitrogens with zero attached hydrogens (tertiary/aromatic N) is 3. The molecule has 0 bridgehead atoms. The van der Waals surface area contributed by atoms with Crippen LogP contribution in [0.2, 0.25) is 10.0 Å². The van der Waals surface area contributed by atoms with Gasteiger partial charge in [-0.2, -0.15) is 0 Å². The van der Waals surface area contributed by atoms with Gasteiger partial charge in [-0.3, -0.25) is 9.69 Å². The van der Waals surface area contributed by atoms with Crippen LogP contribution in [-0.2, 0) is 0 Å². The highest BCUT2D eigenvalue weighted by molar-refractivity contribution is 7.22. The van der Waals surface area contributed by atoms with Crippen molar-refractivity contribution in [2.24, 2.45) is 0 Å². The summed E-state index contributed by atoms with van der Waals surface area (Å²) in [5.74, 6) is -0.438. The largest absolute Gasteiger partial charge is 0.351 e. The van der Waals surface area contributed by atoms with Gasteiger partial charge in [-0.05, 0) is 36.4 Å². The first-order chi connectivity index (χ1) is 14.0. The summed E-state index contributed by atoms with van der Waals surface area (Å²) in [6.07, 6.45) is 0. The zero-order chi connectivity index (χ0) is 20.4. The van der Waals surface area contributed by atoms with E-state index in [0.717, 1.165) is 48.1 Å². The van der Waals surface area contributed by atoms with Crippen LogP contribution in [0.5, 0.6) is 0 Å². The second-order valence-corrected chi connectivity index (χ2v) is 8.67. The maximum Gasteiger partial charge on any atom is 0.252 e. The highest BCUT2D eigenvalue weighted by Crippen LogP contribution is 2.29. The zero-order valence-corrected chi connectivity index (χ0v) is 17.8. The molecule has 9 heteroatoms. The number of aromatic nitrogens is 1. The lowest BCUT2D eigenvalue weighted by atomic mass is 10.2. The summed E-state index contributed by atoms with van der Waals surface area (Å²) < 4.78 is 14.2. The molecule has 0 radical (unpaired) electrons. The highest BCUT2D eigenvalue weighted by Gasteiger charge is 2.20. The lowest BCUT2D eigenvalue weighted by Crippen LogP contribution is -2.48. The fraction of sp³-hybridized carbons (Fsp3) is 0.300. The van der Waals surface area contributed by atoms with E-state index in [1.165, 1.54) is 23.5 Å². The summed E-state index contributed by atoms with van der Waals surface area (Å²) in [6, 6.07) is 9.53. The van der Waals surface area contributed by atoms with Crippen molar-refractivity contribution in [3.8, 4) is 0 Å². The Bertz CT molecular complexity index is 1040. The zero-order valence-electron chi connectivity index (χ0n) is 15.5. The van der Waals surface area contributed by atoms with Gasteiger partial charge in [-0.15, -0.1) is 0 Å². The van der Waals surface area contributed by atoms with Crippen molar-refractivity contribution in [3.05, 3.63) is 57.8 Å². The van der Waals surface area contributed by atoms with Crippen LogP contribution in [0.3, 0.4) is 0 Å². The molecule has 1 aliphatic heterocycles. The molecule has 2 aromatic carbocycles. The van der Waals surface area contributed by atoms with Crippen LogP contribution in [-0.4, -0.2) is 55.1 Å². The van der Waals surface area contributed by atoms with Gasteiger partial charge in [0.1, 0.15) is 5.82 Å². The minimum absolute atomic E-state index is 0.202. The van der Waals surface area contributed by atoms with E-state index in [1.807, 2.05) is 0 Å². The molecule has 4 rings (SSSR count). The highest BCUT2D eigenvalue weighted by atomic mass is 35.5. The van der Waals surface area contributed by atoms with Crippen LogP contribution in [0.15, 0.2) is 36.4 Å². The predicted octanol–water partition coefficient (Wildman–Crippen LogP) is 4.29. The van der Waals surface area contributed by atoms with Crippen molar-refractivity contribution >= 4 is 55.8 Å². The standard InChI is InChI=1S/C20H19Cl2FN4OS/c21-13-1-3-15(16(22)11-13)19(28)24-5-6-26-7-9-27(10-8-26)20-25-17-4-2-14(23)12-18(17)29-20/h1-4,11-12H,5-10H2,(H,24,28). The Labute approximate surface area is 182 Å². The molecule has 1 fully saturated rings. The number of piperazine rings is 1. The number of anilines is 1. The third kappa shape index (κ3) is 4.80. The number of carbonyl (C=O) groups is 1. The molecule has 29 heavy (non-hydrogen) atoms. The second kappa shape index (κ2) is 8.83. The minimum atomic E-state index is -0.237. The number of benzene rings is 2. The van der Waals surface area contributed by atoms with Gasteiger partial charge in [0.05, 0.1) is 20.8 Å². The van der Waals surface area contributed by atoms with E-state index in [2.05, 4.69) is 20.1 Å². The smallest absolute Gasteiger partial charge is 0.252 e. The topological polar surface area (TPSA) is 48.5 Å². The summed E-state index contributed by atoms with van der Waals surface area (Å²) in [6.45, 7) is 4.75. The average molecular weight is 453 g/mol. The molecule has 0 aliphatic carbocycles. The fourth-order valence-corrected chi connectivity index (χ4v) is 4.82. The van der Waals surface area contributed by atoms with E-state index in [1.54, 1.807) is 24.3 Å². The predicted molar refractivity (Wildman–Crippen MR) is 117 cm³/mol. The molecule has 0 unspecified atom stereocenters. The lowest BCUT2D eigenvalue weighted by Gasteiger charge is -2.34. The molecule has 3 aromatic rings. The van der Waals surface area contributed by atoms with Gasteiger partial charge >= 0.3 is 0 Å². The number of amides is 1. The number of rotatable bonds is 5. The summed E-state index contributed by atoms with van der Waals surface area (Å²) in [7, 11) is 0. The van der Waals surface area contributed by atoms with E-state index >= 15 is 0 Å². The van der Waals surface area contributed by atoms with Gasteiger partial charge in [0.2, 0.25) is 0 Å². The molecule has 1 N–H and O–H groups in total. The molecular formula is C20H19Cl2FN4OS. The summed E-state index contributed by atoms with van der Waals surface area (Å²) in [5.41, 5.74) is 1.26. The van der Waals surface area contributed by atoms with Gasteiger partial charge in [0.15, 0.2) is 5.13 Å². The minimum Gasteiger partial charge on any atom is -0.351 e. The van der Waals surface area contributed by atoms with Crippen molar-refractivity contribution in [2.45, 2.75) is 0 Å². The first kappa shape index (κ1) is 20.3. The summed E-state index contributed by atoms with van der Waals surface area (Å²) >= 11 is 13.5. The Morgan fingerprint density at radius 2 is 1.93 bits per heavy atom. The summed E-state index contributed by atoms with van der Waals surface area (Å²) in [5, 5.41) is 4.68. The molecule has 0 atom stereocenters. The first-order valence-electron chi connectivity index (χ1n) is 9.26. The number of hydrogen-bond acceptors (Lipinski definition) is 5. The molecule has 152 valence electrons. The van der Waals surface area contributed by atoms with Crippen LogP contribution < -0.4 is 10.2 Å². The van der Waals surface area contributed by atoms with E-state index < -0.39 is 0 Å². The van der Waals surface area contributed by atoms with Gasteiger partial charge in [-0.1, -0.05) is 34.5 Å². The third-order valence-electron chi connectivity index (χ3n) is 4.87. The van der Waals surface area contributed by atoms with Crippen molar-refractivity contribution in [1.82, 2.24) is 15.2 Å². The van der Waals surface area contributed by atoms with Crippen molar-refractivity contribution in [1.29, 1.82) is 0 Å². The normalized spacial score (nSPS) is 15.1. The van der Waals surface area contributed by atoms with E-state index in [0.29, 0.717) is 22.2 Å². The Hall–Kier alpha value is -1.93. The molecule has 5 nitrogen and oxygen atoms in total. The van der Waals surface area contributed by atoms with Gasteiger partial charge in [0.25, 0.3) is 5.91 Å². The Morgan fingerprint density at radius 1 is 1.14 bits per heavy atom. The molecular weight excluding hydrogens is 434 g/mol. The SMILES string of the molecule is O=C(NCCN1CCN(c2nc3ccc(F)cc3s2)CC1)c1ccc(Cl)cc1Cl. The maximum absolute atomic E-state index is 13.4. The van der Waals surface area contributed by atoms with Gasteiger partial charge < -0.3 is 10.2 Å². The molecule has 1 aromatic heterocycles. The second-order valence-electron chi connectivity index (χ2n) is 6.82. The Kier molecular flexibility index (Phi) is 6.20. The lowest BCUT2D eigenvalue weighted by molar-refractivity contribution is 0.0948. The molecule has 2 heterocycles. The van der Waals surface area contributed by atoms with Crippen molar-refractivity contribution in [3.63, 3.8) is 0 Å². The number of thiazole rings is 1. The van der Waals surface area contributed by atoms with Crippen LogP contribution >= 0.6 is 34.5 Å². The van der Waals surface area contributed by atoms with Gasteiger partial charge in [-0.25, -0.2) is 9.37 Å². The maximum atomic E-state index is 13.4. The Balaban J connectivity index is 1.26. The number of halogens is 3. The molecule has 1 aliphatic rings. The Morgan fingerprint density at radius 3 is 2.69 bits per heavy atom. The van der Waals surface area contributed by atoms with Crippen LogP contribution in [0, 0.1) is 5.82 Å². The average Bonchev–Trinajstić information content (AvgIpc) is 3.11. The van der Waals surface area contributed by atoms with E-state index in [-0.39, 0.29) is 11.7 Å². The van der Waals surface area contributed by atoms with Crippen LogP contribution in [0.4, 0.5) is 9.52 Å². The number of hydrogen-bond donors (Lipinski definition) is 1. The fourth-order valence-electron chi connectivity index (χ4n) is 3.28. The van der Waals surface area contributed by atoms with E-state index in [9.17, 15) is 9.18 Å². The van der Waals surface area contributed by atoms with Crippen LogP contribution in [0.1, 0.15) is 10.4 Å². The van der Waals surface area contributed by atoms with Gasteiger partial charge in [0, 0.05) is 44.3 Å².